The third kappa shape index (κ3) is 4.13. The molecule has 3 nitrogen and oxygen atoms in total. The highest BCUT2D eigenvalue weighted by atomic mass is 32.1. The molecule has 1 saturated carbocycles. The first-order valence-corrected chi connectivity index (χ1v) is 7.17. The third-order valence-corrected chi connectivity index (χ3v) is 3.91. The van der Waals surface area contributed by atoms with E-state index in [2.05, 4.69) is 5.32 Å². The van der Waals surface area contributed by atoms with E-state index in [0.29, 0.717) is 19.3 Å². The lowest BCUT2D eigenvalue weighted by molar-refractivity contribution is 0.0300. The van der Waals surface area contributed by atoms with Crippen molar-refractivity contribution in [1.82, 2.24) is 5.32 Å². The van der Waals surface area contributed by atoms with Gasteiger partial charge in [0.1, 0.15) is 0 Å². The molecule has 1 amide bonds. The highest BCUT2D eigenvalue weighted by molar-refractivity contribution is 7.12. The van der Waals surface area contributed by atoms with Gasteiger partial charge in [0.25, 0.3) is 5.91 Å². The molecule has 4 heteroatoms. The lowest BCUT2D eigenvalue weighted by atomic mass is 9.98. The second-order valence-electron chi connectivity index (χ2n) is 4.36. The maximum Gasteiger partial charge on any atom is 0.261 e. The number of carbonyl (C=O) groups is 1. The smallest absolute Gasteiger partial charge is 0.261 e. The van der Waals surface area contributed by atoms with E-state index in [-0.39, 0.29) is 5.91 Å². The Morgan fingerprint density at radius 1 is 1.41 bits per heavy atom. The number of nitrogens with one attached hydrogen (secondary N) is 1. The van der Waals surface area contributed by atoms with Crippen LogP contribution < -0.4 is 5.32 Å². The first-order chi connectivity index (χ1) is 8.36. The number of hydrogen-bond acceptors (Lipinski definition) is 3. The summed E-state index contributed by atoms with van der Waals surface area (Å²) in [7, 11) is 0. The number of rotatable bonds is 5. The molecule has 1 aromatic rings. The van der Waals surface area contributed by atoms with Gasteiger partial charge in [0.15, 0.2) is 0 Å². The lowest BCUT2D eigenvalue weighted by Crippen LogP contribution is -2.28. The van der Waals surface area contributed by atoms with Gasteiger partial charge in [0.05, 0.1) is 17.6 Å². The maximum absolute atomic E-state index is 11.6. The summed E-state index contributed by atoms with van der Waals surface area (Å²) in [5.41, 5.74) is 0. The van der Waals surface area contributed by atoms with Gasteiger partial charge in [0, 0.05) is 6.54 Å². The molecule has 1 aliphatic rings. The first-order valence-electron chi connectivity index (χ1n) is 6.29. The van der Waals surface area contributed by atoms with Crippen LogP contribution in [0.1, 0.15) is 41.8 Å². The minimum Gasteiger partial charge on any atom is -0.376 e. The van der Waals surface area contributed by atoms with E-state index in [9.17, 15) is 4.79 Å². The Hall–Kier alpha value is -0.870. The van der Waals surface area contributed by atoms with Crippen molar-refractivity contribution < 1.29 is 9.53 Å². The van der Waals surface area contributed by atoms with Crippen molar-refractivity contribution in [2.75, 3.05) is 13.2 Å². The van der Waals surface area contributed by atoms with Gasteiger partial charge >= 0.3 is 0 Å². The molecule has 0 spiro atoms. The predicted octanol–water partition coefficient (Wildman–Crippen LogP) is 2.83. The van der Waals surface area contributed by atoms with Crippen LogP contribution in [-0.2, 0) is 4.74 Å². The Balaban J connectivity index is 1.58. The fourth-order valence-electron chi connectivity index (χ4n) is 2.12. The summed E-state index contributed by atoms with van der Waals surface area (Å²) in [5, 5.41) is 4.78. The van der Waals surface area contributed by atoms with Crippen molar-refractivity contribution in [2.45, 2.75) is 38.2 Å². The Kier molecular flexibility index (Phi) is 5.01. The molecular weight excluding hydrogens is 234 g/mol. The minimum atomic E-state index is 0.00671. The molecule has 0 aliphatic heterocycles. The summed E-state index contributed by atoms with van der Waals surface area (Å²) in [4.78, 5) is 12.4. The van der Waals surface area contributed by atoms with Crippen LogP contribution >= 0.6 is 11.3 Å². The van der Waals surface area contributed by atoms with Gasteiger partial charge in [-0.1, -0.05) is 25.3 Å². The molecule has 0 unspecified atom stereocenters. The molecule has 1 N–H and O–H groups in total. The fourth-order valence-corrected chi connectivity index (χ4v) is 2.76. The second kappa shape index (κ2) is 6.77. The van der Waals surface area contributed by atoms with Crippen LogP contribution in [0.25, 0.3) is 0 Å². The molecule has 0 radical (unpaired) electrons. The zero-order chi connectivity index (χ0) is 11.9. The molecule has 0 aromatic carbocycles. The van der Waals surface area contributed by atoms with E-state index >= 15 is 0 Å². The molecule has 0 saturated heterocycles. The highest BCUT2D eigenvalue weighted by Crippen LogP contribution is 2.19. The number of hydrogen-bond donors (Lipinski definition) is 1. The molecule has 94 valence electrons. The van der Waals surface area contributed by atoms with Gasteiger partial charge in [-0.3, -0.25) is 4.79 Å². The largest absolute Gasteiger partial charge is 0.376 e. The Bertz CT molecular complexity index is 331. The van der Waals surface area contributed by atoms with Crippen molar-refractivity contribution >= 4 is 17.2 Å². The van der Waals surface area contributed by atoms with E-state index in [1.54, 1.807) is 0 Å². The molecule has 1 aromatic heterocycles. The average molecular weight is 253 g/mol. The van der Waals surface area contributed by atoms with E-state index in [0.717, 1.165) is 4.88 Å². The number of carbonyl (C=O) groups excluding carboxylic acids is 1. The van der Waals surface area contributed by atoms with Crippen LogP contribution in [0.4, 0.5) is 0 Å². The van der Waals surface area contributed by atoms with Crippen LogP contribution in [0.5, 0.6) is 0 Å². The molecule has 1 heterocycles. The van der Waals surface area contributed by atoms with Crippen LogP contribution in [0.2, 0.25) is 0 Å². The third-order valence-electron chi connectivity index (χ3n) is 3.04. The number of amides is 1. The zero-order valence-electron chi connectivity index (χ0n) is 9.98. The normalized spacial score (nSPS) is 16.9. The molecule has 17 heavy (non-hydrogen) atoms. The van der Waals surface area contributed by atoms with E-state index < -0.39 is 0 Å². The maximum atomic E-state index is 11.6. The van der Waals surface area contributed by atoms with Crippen LogP contribution in [0.3, 0.4) is 0 Å². The summed E-state index contributed by atoms with van der Waals surface area (Å²) in [5.74, 6) is 0.00671. The van der Waals surface area contributed by atoms with Crippen molar-refractivity contribution in [2.24, 2.45) is 0 Å². The van der Waals surface area contributed by atoms with E-state index in [1.807, 2.05) is 17.5 Å². The molecule has 1 fully saturated rings. The highest BCUT2D eigenvalue weighted by Gasteiger charge is 2.13. The van der Waals surface area contributed by atoms with Crippen LogP contribution in [-0.4, -0.2) is 25.2 Å². The van der Waals surface area contributed by atoms with Crippen LogP contribution in [0, 0.1) is 0 Å². The van der Waals surface area contributed by atoms with Crippen molar-refractivity contribution in [3.8, 4) is 0 Å². The Morgan fingerprint density at radius 2 is 2.24 bits per heavy atom. The number of ether oxygens (including phenoxy) is 1. The van der Waals surface area contributed by atoms with Gasteiger partial charge < -0.3 is 10.1 Å². The predicted molar refractivity (Wildman–Crippen MR) is 69.5 cm³/mol. The molecule has 0 atom stereocenters. The SMILES string of the molecule is O=C(NCCOC1CCCCC1)c1cccs1. The summed E-state index contributed by atoms with van der Waals surface area (Å²) in [6.07, 6.45) is 6.69. The summed E-state index contributed by atoms with van der Waals surface area (Å²) < 4.78 is 5.74. The Labute approximate surface area is 106 Å². The monoisotopic (exact) mass is 253 g/mol. The summed E-state index contributed by atoms with van der Waals surface area (Å²) in [6, 6.07) is 3.72. The van der Waals surface area contributed by atoms with Crippen molar-refractivity contribution in [1.29, 1.82) is 0 Å². The molecule has 0 bridgehead atoms. The number of thiophene rings is 1. The van der Waals surface area contributed by atoms with Crippen molar-refractivity contribution in [3.05, 3.63) is 22.4 Å². The van der Waals surface area contributed by atoms with Gasteiger partial charge in [-0.05, 0) is 24.3 Å². The second-order valence-corrected chi connectivity index (χ2v) is 5.31. The van der Waals surface area contributed by atoms with Gasteiger partial charge in [-0.15, -0.1) is 11.3 Å². The summed E-state index contributed by atoms with van der Waals surface area (Å²) >= 11 is 1.46. The zero-order valence-corrected chi connectivity index (χ0v) is 10.8. The minimum absolute atomic E-state index is 0.00671. The van der Waals surface area contributed by atoms with Crippen molar-refractivity contribution in [3.63, 3.8) is 0 Å². The molecular formula is C13H19NO2S. The molecule has 1 aliphatic carbocycles. The topological polar surface area (TPSA) is 38.3 Å². The summed E-state index contributed by atoms with van der Waals surface area (Å²) in [6.45, 7) is 1.23. The van der Waals surface area contributed by atoms with Crippen LogP contribution in [0.15, 0.2) is 17.5 Å². The average Bonchev–Trinajstić information content (AvgIpc) is 2.89. The fraction of sp³-hybridized carbons (Fsp3) is 0.615. The van der Waals surface area contributed by atoms with E-state index in [4.69, 9.17) is 4.74 Å². The lowest BCUT2D eigenvalue weighted by Gasteiger charge is -2.21. The van der Waals surface area contributed by atoms with E-state index in [1.165, 1.54) is 43.4 Å². The van der Waals surface area contributed by atoms with Gasteiger partial charge in [-0.25, -0.2) is 0 Å². The Morgan fingerprint density at radius 3 is 2.94 bits per heavy atom. The van der Waals surface area contributed by atoms with Gasteiger partial charge in [-0.2, -0.15) is 0 Å². The first kappa shape index (κ1) is 12.6. The van der Waals surface area contributed by atoms with Gasteiger partial charge in [0.2, 0.25) is 0 Å². The standard InChI is InChI=1S/C13H19NO2S/c15-13(12-7-4-10-17-12)14-8-9-16-11-5-2-1-3-6-11/h4,7,10-11H,1-3,5-6,8-9H2,(H,14,15). The molecule has 2 rings (SSSR count). The quantitative estimate of drug-likeness (QED) is 0.819.